The number of hydrogen-bond donors (Lipinski definition) is 2. The van der Waals surface area contributed by atoms with Crippen LogP contribution in [0.25, 0.3) is 10.9 Å². The highest BCUT2D eigenvalue weighted by molar-refractivity contribution is 5.82. The zero-order chi connectivity index (χ0) is 14.8. The van der Waals surface area contributed by atoms with E-state index in [0.29, 0.717) is 0 Å². The van der Waals surface area contributed by atoms with Crippen LogP contribution < -0.4 is 11.3 Å². The Morgan fingerprint density at radius 3 is 2.65 bits per heavy atom. The average molecular weight is 272 g/mol. The van der Waals surface area contributed by atoms with Gasteiger partial charge >= 0.3 is 0 Å². The van der Waals surface area contributed by atoms with Crippen molar-refractivity contribution < 1.29 is 0 Å². The van der Waals surface area contributed by atoms with Crippen LogP contribution in [0.5, 0.6) is 0 Å². The second-order valence-electron chi connectivity index (χ2n) is 5.62. The summed E-state index contributed by atoms with van der Waals surface area (Å²) in [6.07, 6.45) is 2.81. The highest BCUT2D eigenvalue weighted by Gasteiger charge is 2.36. The Kier molecular flexibility index (Phi) is 4.38. The number of rotatable bonds is 5. The molecule has 2 unspecified atom stereocenters. The molecule has 2 atom stereocenters. The molecule has 2 rings (SSSR count). The van der Waals surface area contributed by atoms with Crippen LogP contribution in [0.4, 0.5) is 0 Å². The molecule has 0 aliphatic heterocycles. The Morgan fingerprint density at radius 1 is 1.30 bits per heavy atom. The number of nitrogens with zero attached hydrogens (tertiary/aromatic N) is 2. The number of hydrazine groups is 1. The fourth-order valence-electron chi connectivity index (χ4n) is 2.76. The first kappa shape index (κ1) is 14.9. The molecule has 2 aromatic rings. The van der Waals surface area contributed by atoms with E-state index in [4.69, 9.17) is 5.84 Å². The summed E-state index contributed by atoms with van der Waals surface area (Å²) < 4.78 is 0. The van der Waals surface area contributed by atoms with Gasteiger partial charge in [-0.05, 0) is 45.1 Å². The van der Waals surface area contributed by atoms with E-state index < -0.39 is 0 Å². The van der Waals surface area contributed by atoms with E-state index in [2.05, 4.69) is 55.4 Å². The van der Waals surface area contributed by atoms with Crippen molar-refractivity contribution >= 4 is 10.9 Å². The largest absolute Gasteiger partial charge is 0.302 e. The van der Waals surface area contributed by atoms with Gasteiger partial charge in [-0.15, -0.1) is 0 Å². The molecule has 4 heteroatoms. The summed E-state index contributed by atoms with van der Waals surface area (Å²) in [5.41, 5.74) is 5.14. The molecule has 0 amide bonds. The Bertz CT molecular complexity index is 576. The zero-order valence-corrected chi connectivity index (χ0v) is 12.7. The lowest BCUT2D eigenvalue weighted by atomic mass is 9.82. The van der Waals surface area contributed by atoms with E-state index in [1.807, 2.05) is 24.4 Å². The summed E-state index contributed by atoms with van der Waals surface area (Å²) in [6.45, 7) is 4.42. The molecule has 0 fully saturated rings. The van der Waals surface area contributed by atoms with Gasteiger partial charge in [-0.1, -0.05) is 25.1 Å². The van der Waals surface area contributed by atoms with E-state index in [9.17, 15) is 0 Å². The van der Waals surface area contributed by atoms with E-state index >= 15 is 0 Å². The maximum absolute atomic E-state index is 5.90. The first-order valence-electron chi connectivity index (χ1n) is 7.01. The lowest BCUT2D eigenvalue weighted by Gasteiger charge is -2.42. The Hall–Kier alpha value is -1.49. The van der Waals surface area contributed by atoms with Gasteiger partial charge < -0.3 is 4.90 Å². The molecule has 0 bridgehead atoms. The Morgan fingerprint density at radius 2 is 2.05 bits per heavy atom. The summed E-state index contributed by atoms with van der Waals surface area (Å²) in [7, 11) is 4.19. The summed E-state index contributed by atoms with van der Waals surface area (Å²) in [5, 5.41) is 1.15. The highest BCUT2D eigenvalue weighted by atomic mass is 15.3. The molecule has 0 radical (unpaired) electrons. The summed E-state index contributed by atoms with van der Waals surface area (Å²) in [5.74, 6) is 5.90. The minimum atomic E-state index is -0.0706. The van der Waals surface area contributed by atoms with Crippen molar-refractivity contribution in [3.05, 3.63) is 42.1 Å². The number of fused-ring (bicyclic) bond motifs is 1. The number of hydrogen-bond acceptors (Lipinski definition) is 4. The molecule has 0 saturated heterocycles. The molecular formula is C16H24N4. The van der Waals surface area contributed by atoms with Crippen LogP contribution in [0.15, 0.2) is 36.5 Å². The van der Waals surface area contributed by atoms with Crippen molar-refractivity contribution in [2.24, 2.45) is 5.84 Å². The van der Waals surface area contributed by atoms with Crippen LogP contribution in [0, 0.1) is 0 Å². The van der Waals surface area contributed by atoms with Crippen LogP contribution in [0.1, 0.15) is 31.9 Å². The quantitative estimate of drug-likeness (QED) is 0.648. The van der Waals surface area contributed by atoms with Gasteiger partial charge in [-0.2, -0.15) is 0 Å². The molecule has 1 heterocycles. The molecule has 0 aliphatic carbocycles. The van der Waals surface area contributed by atoms with Gasteiger partial charge in [-0.25, -0.2) is 0 Å². The molecule has 0 spiro atoms. The number of aromatic nitrogens is 1. The molecule has 4 nitrogen and oxygen atoms in total. The summed E-state index contributed by atoms with van der Waals surface area (Å²) >= 11 is 0. The molecule has 0 saturated carbocycles. The van der Waals surface area contributed by atoms with Crippen molar-refractivity contribution in [3.8, 4) is 0 Å². The van der Waals surface area contributed by atoms with Crippen molar-refractivity contribution in [1.29, 1.82) is 0 Å². The van der Waals surface area contributed by atoms with Gasteiger partial charge in [0.1, 0.15) is 0 Å². The Balaban J connectivity index is 2.60. The van der Waals surface area contributed by atoms with Crippen molar-refractivity contribution in [2.75, 3.05) is 14.1 Å². The van der Waals surface area contributed by atoms with Gasteiger partial charge in [0.2, 0.25) is 0 Å². The van der Waals surface area contributed by atoms with E-state index in [1.165, 1.54) is 5.56 Å². The van der Waals surface area contributed by atoms with Gasteiger partial charge in [0.15, 0.2) is 0 Å². The van der Waals surface area contributed by atoms with Crippen LogP contribution in [-0.4, -0.2) is 29.5 Å². The molecule has 0 aliphatic rings. The number of nitrogens with one attached hydrogen (secondary N) is 1. The van der Waals surface area contributed by atoms with Crippen molar-refractivity contribution in [1.82, 2.24) is 15.3 Å². The topological polar surface area (TPSA) is 54.2 Å². The van der Waals surface area contributed by atoms with Gasteiger partial charge in [-0.3, -0.25) is 16.3 Å². The SMILES string of the molecule is CCC(C)(C(NN)c1cccc2ncccc12)N(C)C. The van der Waals surface area contributed by atoms with Gasteiger partial charge in [0.25, 0.3) is 0 Å². The fraction of sp³-hybridized carbons (Fsp3) is 0.438. The monoisotopic (exact) mass is 272 g/mol. The lowest BCUT2D eigenvalue weighted by Crippen LogP contribution is -2.53. The highest BCUT2D eigenvalue weighted by Crippen LogP contribution is 2.35. The third kappa shape index (κ3) is 2.42. The van der Waals surface area contributed by atoms with E-state index in [0.717, 1.165) is 17.3 Å². The second kappa shape index (κ2) is 5.87. The van der Waals surface area contributed by atoms with Gasteiger partial charge in [0, 0.05) is 17.1 Å². The molecule has 108 valence electrons. The summed E-state index contributed by atoms with van der Waals surface area (Å²) in [6, 6.07) is 10.3. The van der Waals surface area contributed by atoms with Gasteiger partial charge in [0.05, 0.1) is 11.6 Å². The number of nitrogens with two attached hydrogens (primary N) is 1. The van der Waals surface area contributed by atoms with E-state index in [1.54, 1.807) is 0 Å². The molecule has 1 aromatic heterocycles. The van der Waals surface area contributed by atoms with Crippen molar-refractivity contribution in [3.63, 3.8) is 0 Å². The minimum Gasteiger partial charge on any atom is -0.302 e. The number of pyridine rings is 1. The van der Waals surface area contributed by atoms with Crippen LogP contribution >= 0.6 is 0 Å². The lowest BCUT2D eigenvalue weighted by molar-refractivity contribution is 0.113. The minimum absolute atomic E-state index is 0.0374. The van der Waals surface area contributed by atoms with Crippen LogP contribution in [0.3, 0.4) is 0 Å². The smallest absolute Gasteiger partial charge is 0.0705 e. The molecular weight excluding hydrogens is 248 g/mol. The standard InChI is InChI=1S/C16H24N4/c1-5-16(2,20(3)4)15(19-17)13-8-6-10-14-12(13)9-7-11-18-14/h6-11,15,19H,5,17H2,1-4H3. The molecule has 3 N–H and O–H groups in total. The third-order valence-corrected chi connectivity index (χ3v) is 4.52. The zero-order valence-electron chi connectivity index (χ0n) is 12.7. The van der Waals surface area contributed by atoms with E-state index in [-0.39, 0.29) is 11.6 Å². The van der Waals surface area contributed by atoms with Crippen LogP contribution in [-0.2, 0) is 0 Å². The average Bonchev–Trinajstić information content (AvgIpc) is 2.47. The normalized spacial score (nSPS) is 16.3. The first-order chi connectivity index (χ1) is 9.54. The fourth-order valence-corrected chi connectivity index (χ4v) is 2.76. The van der Waals surface area contributed by atoms with Crippen molar-refractivity contribution in [2.45, 2.75) is 31.8 Å². The predicted octanol–water partition coefficient (Wildman–Crippen LogP) is 2.47. The third-order valence-electron chi connectivity index (χ3n) is 4.52. The second-order valence-corrected chi connectivity index (χ2v) is 5.62. The maximum Gasteiger partial charge on any atom is 0.0705 e. The Labute approximate surface area is 121 Å². The maximum atomic E-state index is 5.90. The first-order valence-corrected chi connectivity index (χ1v) is 7.01. The number of benzene rings is 1. The molecule has 1 aromatic carbocycles. The predicted molar refractivity (Wildman–Crippen MR) is 84.2 cm³/mol. The number of likely N-dealkylation sites (N-methyl/N-ethyl adjacent to an activating group) is 1. The van der Waals surface area contributed by atoms with Crippen LogP contribution in [0.2, 0.25) is 0 Å². The molecule has 20 heavy (non-hydrogen) atoms. The summed E-state index contributed by atoms with van der Waals surface area (Å²) in [4.78, 5) is 6.66.